The lowest BCUT2D eigenvalue weighted by Crippen LogP contribution is -2.49. The topological polar surface area (TPSA) is 39.7 Å². The van der Waals surface area contributed by atoms with Crippen LogP contribution < -0.4 is 10.6 Å². The van der Waals surface area contributed by atoms with Gasteiger partial charge in [-0.05, 0) is 43.9 Å². The second-order valence-electron chi connectivity index (χ2n) is 6.64. The van der Waals surface area contributed by atoms with Crippen molar-refractivity contribution in [1.29, 1.82) is 0 Å². The molecule has 1 heterocycles. The summed E-state index contributed by atoms with van der Waals surface area (Å²) in [5.41, 5.74) is 2.14. The molecule has 1 fully saturated rings. The number of rotatable bonds is 6. The van der Waals surface area contributed by atoms with Crippen LogP contribution in [0.3, 0.4) is 0 Å². The highest BCUT2D eigenvalue weighted by molar-refractivity contribution is 14.0. The minimum atomic E-state index is -0.308. The summed E-state index contributed by atoms with van der Waals surface area (Å²) in [6, 6.07) is 4.95. The van der Waals surface area contributed by atoms with Gasteiger partial charge in [0.05, 0.1) is 0 Å². The number of hydrogen-bond acceptors (Lipinski definition) is 2. The molecule has 1 saturated heterocycles. The summed E-state index contributed by atoms with van der Waals surface area (Å²) in [5, 5.41) is 7.26. The second-order valence-corrected chi connectivity index (χ2v) is 7.04. The molecule has 0 aromatic heterocycles. The molecule has 1 aromatic rings. The van der Waals surface area contributed by atoms with E-state index in [1.165, 1.54) is 17.7 Å². The number of benzene rings is 1. The van der Waals surface area contributed by atoms with Crippen LogP contribution >= 0.6 is 35.6 Å². The molecular formula is C19H29ClFIN4. The van der Waals surface area contributed by atoms with Crippen LogP contribution in [0, 0.1) is 5.82 Å². The van der Waals surface area contributed by atoms with Crippen molar-refractivity contribution in [3.05, 3.63) is 46.8 Å². The summed E-state index contributed by atoms with van der Waals surface area (Å²) in [4.78, 5) is 6.73. The summed E-state index contributed by atoms with van der Waals surface area (Å²) in [6.07, 6.45) is 2.91. The van der Waals surface area contributed by atoms with Crippen LogP contribution in [0.4, 0.5) is 4.39 Å². The Labute approximate surface area is 178 Å². The minimum Gasteiger partial charge on any atom is -0.356 e. The number of piperidine rings is 1. The van der Waals surface area contributed by atoms with Crippen molar-refractivity contribution in [3.8, 4) is 0 Å². The third kappa shape index (κ3) is 7.80. The van der Waals surface area contributed by atoms with Gasteiger partial charge in [-0.2, -0.15) is 0 Å². The van der Waals surface area contributed by atoms with Gasteiger partial charge in [-0.15, -0.1) is 24.0 Å². The number of nitrogens with zero attached hydrogens (tertiary/aromatic N) is 2. The fourth-order valence-electron chi connectivity index (χ4n) is 3.05. The molecule has 26 heavy (non-hydrogen) atoms. The van der Waals surface area contributed by atoms with E-state index in [2.05, 4.69) is 34.0 Å². The van der Waals surface area contributed by atoms with Crippen LogP contribution in [0.15, 0.2) is 35.3 Å². The van der Waals surface area contributed by atoms with Crippen molar-refractivity contribution < 1.29 is 4.39 Å². The maximum Gasteiger partial charge on any atom is 0.191 e. The van der Waals surface area contributed by atoms with Gasteiger partial charge in [-0.1, -0.05) is 29.8 Å². The monoisotopic (exact) mass is 494 g/mol. The Balaban J connectivity index is 0.00000338. The van der Waals surface area contributed by atoms with Gasteiger partial charge in [0.2, 0.25) is 0 Å². The van der Waals surface area contributed by atoms with E-state index in [0.717, 1.165) is 50.4 Å². The van der Waals surface area contributed by atoms with Crippen LogP contribution in [-0.4, -0.2) is 50.1 Å². The van der Waals surface area contributed by atoms with E-state index in [9.17, 15) is 4.39 Å². The molecule has 2 N–H and O–H groups in total. The van der Waals surface area contributed by atoms with E-state index in [-0.39, 0.29) is 29.8 Å². The van der Waals surface area contributed by atoms with Crippen LogP contribution in [-0.2, 0) is 6.42 Å². The van der Waals surface area contributed by atoms with Gasteiger partial charge in [0.1, 0.15) is 5.82 Å². The van der Waals surface area contributed by atoms with E-state index in [1.807, 2.05) is 0 Å². The average molecular weight is 495 g/mol. The highest BCUT2D eigenvalue weighted by Gasteiger charge is 2.19. The highest BCUT2D eigenvalue weighted by atomic mass is 127. The largest absolute Gasteiger partial charge is 0.356 e. The van der Waals surface area contributed by atoms with Gasteiger partial charge in [0.15, 0.2) is 5.96 Å². The van der Waals surface area contributed by atoms with E-state index in [0.29, 0.717) is 17.6 Å². The Hall–Kier alpha value is -0.860. The SMILES string of the molecule is C=C(C)CN1CCC(NC(=NC)NCCc2ccc(F)cc2Cl)CC1.I. The quantitative estimate of drug-likeness (QED) is 0.273. The van der Waals surface area contributed by atoms with Gasteiger partial charge in [-0.25, -0.2) is 4.39 Å². The van der Waals surface area contributed by atoms with Crippen molar-refractivity contribution in [2.75, 3.05) is 33.2 Å². The van der Waals surface area contributed by atoms with Crippen molar-refractivity contribution in [1.82, 2.24) is 15.5 Å². The molecular weight excluding hydrogens is 466 g/mol. The lowest BCUT2D eigenvalue weighted by molar-refractivity contribution is 0.221. The number of likely N-dealkylation sites (tertiary alicyclic amines) is 1. The third-order valence-corrected chi connectivity index (χ3v) is 4.70. The second kappa shape index (κ2) is 11.8. The van der Waals surface area contributed by atoms with Crippen LogP contribution in [0.25, 0.3) is 0 Å². The van der Waals surface area contributed by atoms with Crippen LogP contribution in [0.5, 0.6) is 0 Å². The summed E-state index contributed by atoms with van der Waals surface area (Å²) >= 11 is 6.06. The van der Waals surface area contributed by atoms with E-state index in [1.54, 1.807) is 13.1 Å². The molecule has 0 unspecified atom stereocenters. The van der Waals surface area contributed by atoms with Crippen molar-refractivity contribution in [2.24, 2.45) is 4.99 Å². The molecule has 1 aromatic carbocycles. The Kier molecular flexibility index (Phi) is 10.5. The molecule has 0 amide bonds. The maximum atomic E-state index is 13.1. The highest BCUT2D eigenvalue weighted by Crippen LogP contribution is 2.17. The molecule has 0 aliphatic carbocycles. The standard InChI is InChI=1S/C19H28ClFN4.HI/c1-14(2)13-25-10-7-17(8-11-25)24-19(22-3)23-9-6-15-4-5-16(21)12-18(15)20;/h4-5,12,17H,1,6-11,13H2,2-3H3,(H2,22,23,24);1H. The Morgan fingerprint density at radius 3 is 2.65 bits per heavy atom. The Morgan fingerprint density at radius 2 is 2.08 bits per heavy atom. The number of hydrogen-bond donors (Lipinski definition) is 2. The Morgan fingerprint density at radius 1 is 1.38 bits per heavy atom. The summed E-state index contributed by atoms with van der Waals surface area (Å²) in [5.74, 6) is 0.494. The molecule has 0 atom stereocenters. The first kappa shape index (κ1) is 23.2. The van der Waals surface area contributed by atoms with Crippen molar-refractivity contribution in [3.63, 3.8) is 0 Å². The van der Waals surface area contributed by atoms with Crippen LogP contribution in [0.1, 0.15) is 25.3 Å². The zero-order valence-electron chi connectivity index (χ0n) is 15.5. The van der Waals surface area contributed by atoms with Crippen LogP contribution in [0.2, 0.25) is 5.02 Å². The van der Waals surface area contributed by atoms with Gasteiger partial charge in [0, 0.05) is 44.3 Å². The predicted molar refractivity (Wildman–Crippen MR) is 119 cm³/mol. The van der Waals surface area contributed by atoms with Crippen molar-refractivity contribution in [2.45, 2.75) is 32.2 Å². The van der Waals surface area contributed by atoms with Gasteiger partial charge in [-0.3, -0.25) is 9.89 Å². The summed E-state index contributed by atoms with van der Waals surface area (Å²) in [7, 11) is 1.77. The minimum absolute atomic E-state index is 0. The van der Waals surface area contributed by atoms with Gasteiger partial charge < -0.3 is 10.6 Å². The first-order valence-corrected chi connectivity index (χ1v) is 9.13. The molecule has 0 bridgehead atoms. The molecule has 0 saturated carbocycles. The lowest BCUT2D eigenvalue weighted by Gasteiger charge is -2.33. The summed E-state index contributed by atoms with van der Waals surface area (Å²) < 4.78 is 13.1. The number of aliphatic imine (C=N–C) groups is 1. The zero-order chi connectivity index (χ0) is 18.2. The first-order chi connectivity index (χ1) is 12.0. The molecule has 1 aliphatic rings. The molecule has 2 rings (SSSR count). The molecule has 0 radical (unpaired) electrons. The Bertz CT molecular complexity index is 616. The van der Waals surface area contributed by atoms with E-state index < -0.39 is 0 Å². The molecule has 146 valence electrons. The fourth-order valence-corrected chi connectivity index (χ4v) is 3.31. The lowest BCUT2D eigenvalue weighted by atomic mass is 10.0. The smallest absolute Gasteiger partial charge is 0.191 e. The van der Waals surface area contributed by atoms with Gasteiger partial charge >= 0.3 is 0 Å². The fraction of sp³-hybridized carbons (Fsp3) is 0.526. The number of nitrogens with one attached hydrogen (secondary N) is 2. The van der Waals surface area contributed by atoms with E-state index >= 15 is 0 Å². The van der Waals surface area contributed by atoms with Crippen molar-refractivity contribution >= 4 is 41.5 Å². The summed E-state index contributed by atoms with van der Waals surface area (Å²) in [6.45, 7) is 9.89. The molecule has 1 aliphatic heterocycles. The number of halogens is 3. The predicted octanol–water partition coefficient (Wildman–Crippen LogP) is 3.85. The van der Waals surface area contributed by atoms with E-state index in [4.69, 9.17) is 11.6 Å². The molecule has 0 spiro atoms. The average Bonchev–Trinajstić information content (AvgIpc) is 2.57. The zero-order valence-corrected chi connectivity index (χ0v) is 18.6. The normalized spacial score (nSPS) is 16.1. The first-order valence-electron chi connectivity index (χ1n) is 8.75. The number of guanidine groups is 1. The van der Waals surface area contributed by atoms with Gasteiger partial charge in [0.25, 0.3) is 0 Å². The molecule has 4 nitrogen and oxygen atoms in total. The third-order valence-electron chi connectivity index (χ3n) is 4.35. The maximum absolute atomic E-state index is 13.1. The molecule has 7 heteroatoms.